The van der Waals surface area contributed by atoms with Gasteiger partial charge in [-0.15, -0.1) is 0 Å². The van der Waals surface area contributed by atoms with Crippen LogP contribution in [0.1, 0.15) is 11.1 Å². The van der Waals surface area contributed by atoms with E-state index in [1.165, 1.54) is 18.2 Å². The Morgan fingerprint density at radius 1 is 1.03 bits per heavy atom. The monoisotopic (exact) mass is 410 g/mol. The number of rotatable bonds is 7. The summed E-state index contributed by atoms with van der Waals surface area (Å²) in [6.45, 7) is 0.440. The average molecular weight is 410 g/mol. The van der Waals surface area contributed by atoms with Gasteiger partial charge in [0, 0.05) is 12.6 Å². The molecule has 150 valence electrons. The molecule has 3 aromatic rings. The number of primary sulfonamides is 1. The fourth-order valence-electron chi connectivity index (χ4n) is 2.88. The summed E-state index contributed by atoms with van der Waals surface area (Å²) in [5.74, 6) is 0.612. The van der Waals surface area contributed by atoms with Crippen molar-refractivity contribution >= 4 is 32.8 Å². The lowest BCUT2D eigenvalue weighted by Gasteiger charge is -2.05. The maximum Gasteiger partial charge on any atom is 0.244 e. The van der Waals surface area contributed by atoms with Crippen molar-refractivity contribution in [3.8, 4) is 5.75 Å². The van der Waals surface area contributed by atoms with Gasteiger partial charge in [-0.25, -0.2) is 13.6 Å². The Morgan fingerprint density at radius 2 is 1.72 bits per heavy atom. The minimum Gasteiger partial charge on any atom is -0.497 e. The van der Waals surface area contributed by atoms with Crippen LogP contribution in [0.4, 0.5) is 0 Å². The highest BCUT2D eigenvalue weighted by Crippen LogP contribution is 2.22. The SMILES string of the molecule is COc1ccc2cc(/C=C/C(=O)NCCc3ccc(S(N)(=O)=O)cc3)ccc2c1. The Kier molecular flexibility index (Phi) is 6.31. The molecule has 0 heterocycles. The first-order valence-corrected chi connectivity index (χ1v) is 10.6. The van der Waals surface area contributed by atoms with Crippen molar-refractivity contribution in [2.45, 2.75) is 11.3 Å². The standard InChI is InChI=1S/C22H22N2O4S/c1-28-20-8-7-18-14-17(2-6-19(18)15-20)5-11-22(25)24-13-12-16-3-9-21(10-4-16)29(23,26)27/h2-11,14-15H,12-13H2,1H3,(H,24,25)(H2,23,26,27)/b11-5+. The zero-order valence-electron chi connectivity index (χ0n) is 16.0. The first-order valence-electron chi connectivity index (χ1n) is 9.00. The predicted octanol–water partition coefficient (Wildman–Crippen LogP) is 2.87. The lowest BCUT2D eigenvalue weighted by Crippen LogP contribution is -2.23. The van der Waals surface area contributed by atoms with Crippen LogP contribution in [0.2, 0.25) is 0 Å². The van der Waals surface area contributed by atoms with E-state index in [4.69, 9.17) is 9.88 Å². The molecular weight excluding hydrogens is 388 g/mol. The number of amides is 1. The average Bonchev–Trinajstić information content (AvgIpc) is 2.71. The molecule has 6 nitrogen and oxygen atoms in total. The van der Waals surface area contributed by atoms with Crippen molar-refractivity contribution in [3.63, 3.8) is 0 Å². The molecule has 3 rings (SSSR count). The van der Waals surface area contributed by atoms with Crippen LogP contribution in [0.5, 0.6) is 5.75 Å². The minimum absolute atomic E-state index is 0.0713. The Bertz CT molecular complexity index is 1150. The summed E-state index contributed by atoms with van der Waals surface area (Å²) in [7, 11) is -2.05. The van der Waals surface area contributed by atoms with E-state index >= 15 is 0 Å². The third-order valence-corrected chi connectivity index (χ3v) is 5.39. The zero-order valence-corrected chi connectivity index (χ0v) is 16.8. The van der Waals surface area contributed by atoms with Crippen LogP contribution < -0.4 is 15.2 Å². The molecule has 0 saturated heterocycles. The topological polar surface area (TPSA) is 98.5 Å². The van der Waals surface area contributed by atoms with Crippen molar-refractivity contribution in [1.82, 2.24) is 5.32 Å². The number of benzene rings is 3. The summed E-state index contributed by atoms with van der Waals surface area (Å²) in [6.07, 6.45) is 3.84. The molecule has 0 radical (unpaired) electrons. The molecule has 0 aliphatic heterocycles. The summed E-state index contributed by atoms with van der Waals surface area (Å²) < 4.78 is 27.7. The van der Waals surface area contributed by atoms with Gasteiger partial charge in [0.15, 0.2) is 0 Å². The van der Waals surface area contributed by atoms with Crippen molar-refractivity contribution in [2.24, 2.45) is 5.14 Å². The van der Waals surface area contributed by atoms with Gasteiger partial charge in [0.25, 0.3) is 0 Å². The Morgan fingerprint density at radius 3 is 2.41 bits per heavy atom. The zero-order chi connectivity index (χ0) is 20.9. The van der Waals surface area contributed by atoms with E-state index in [2.05, 4.69) is 5.32 Å². The first kappa shape index (κ1) is 20.6. The second-order valence-corrected chi connectivity index (χ2v) is 8.10. The molecule has 1 amide bonds. The molecule has 0 spiro atoms. The number of nitrogens with one attached hydrogen (secondary N) is 1. The number of ether oxygens (including phenoxy) is 1. The third-order valence-electron chi connectivity index (χ3n) is 4.46. The minimum atomic E-state index is -3.69. The number of nitrogens with two attached hydrogens (primary N) is 1. The van der Waals surface area contributed by atoms with Gasteiger partial charge >= 0.3 is 0 Å². The maximum absolute atomic E-state index is 12.0. The van der Waals surface area contributed by atoms with Gasteiger partial charge in [-0.3, -0.25) is 4.79 Å². The molecule has 0 fully saturated rings. The van der Waals surface area contributed by atoms with E-state index in [-0.39, 0.29) is 10.8 Å². The molecular formula is C22H22N2O4S. The molecule has 3 N–H and O–H groups in total. The van der Waals surface area contributed by atoms with Crippen molar-refractivity contribution in [3.05, 3.63) is 77.9 Å². The number of carbonyl (C=O) groups excluding carboxylic acids is 1. The van der Waals surface area contributed by atoms with Crippen LogP contribution in [0.3, 0.4) is 0 Å². The van der Waals surface area contributed by atoms with E-state index in [0.29, 0.717) is 13.0 Å². The molecule has 0 aliphatic carbocycles. The maximum atomic E-state index is 12.0. The molecule has 3 aromatic carbocycles. The number of methoxy groups -OCH3 is 1. The Labute approximate surface area is 170 Å². The summed E-state index contributed by atoms with van der Waals surface area (Å²) in [5.41, 5.74) is 1.84. The fraction of sp³-hybridized carbons (Fsp3) is 0.136. The number of fused-ring (bicyclic) bond motifs is 1. The van der Waals surface area contributed by atoms with Gasteiger partial charge < -0.3 is 10.1 Å². The van der Waals surface area contributed by atoms with Crippen LogP contribution in [-0.2, 0) is 21.2 Å². The normalized spacial score (nSPS) is 11.7. The molecule has 29 heavy (non-hydrogen) atoms. The van der Waals surface area contributed by atoms with Gasteiger partial charge in [-0.05, 0) is 64.7 Å². The van der Waals surface area contributed by atoms with Gasteiger partial charge in [-0.2, -0.15) is 0 Å². The molecule has 0 saturated carbocycles. The highest BCUT2D eigenvalue weighted by atomic mass is 32.2. The molecule has 0 aromatic heterocycles. The van der Waals surface area contributed by atoms with E-state index < -0.39 is 10.0 Å². The molecule has 0 bridgehead atoms. The molecule has 0 unspecified atom stereocenters. The van der Waals surface area contributed by atoms with Gasteiger partial charge in [0.05, 0.1) is 12.0 Å². The quantitative estimate of drug-likeness (QED) is 0.585. The van der Waals surface area contributed by atoms with Crippen molar-refractivity contribution < 1.29 is 17.9 Å². The summed E-state index contributed by atoms with van der Waals surface area (Å²) in [4.78, 5) is 12.1. The number of hydrogen-bond acceptors (Lipinski definition) is 4. The fourth-order valence-corrected chi connectivity index (χ4v) is 3.40. The largest absolute Gasteiger partial charge is 0.497 e. The Balaban J connectivity index is 1.54. The Hall–Kier alpha value is -3.16. The third kappa shape index (κ3) is 5.66. The number of carbonyl (C=O) groups is 1. The van der Waals surface area contributed by atoms with E-state index in [1.54, 1.807) is 25.3 Å². The van der Waals surface area contributed by atoms with Gasteiger partial charge in [0.2, 0.25) is 15.9 Å². The van der Waals surface area contributed by atoms with Crippen LogP contribution in [0, 0.1) is 0 Å². The van der Waals surface area contributed by atoms with E-state index in [0.717, 1.165) is 27.6 Å². The number of hydrogen-bond donors (Lipinski definition) is 2. The van der Waals surface area contributed by atoms with E-state index in [1.807, 2.05) is 36.4 Å². The molecule has 7 heteroatoms. The van der Waals surface area contributed by atoms with Crippen LogP contribution in [0.25, 0.3) is 16.8 Å². The van der Waals surface area contributed by atoms with Crippen LogP contribution in [-0.4, -0.2) is 28.0 Å². The predicted molar refractivity (Wildman–Crippen MR) is 114 cm³/mol. The first-order chi connectivity index (χ1) is 13.8. The lowest BCUT2D eigenvalue weighted by atomic mass is 10.1. The highest BCUT2D eigenvalue weighted by Gasteiger charge is 2.06. The lowest BCUT2D eigenvalue weighted by molar-refractivity contribution is -0.116. The van der Waals surface area contributed by atoms with Gasteiger partial charge in [-0.1, -0.05) is 30.3 Å². The second kappa shape index (κ2) is 8.89. The molecule has 0 aliphatic rings. The second-order valence-electron chi connectivity index (χ2n) is 6.54. The van der Waals surface area contributed by atoms with Gasteiger partial charge in [0.1, 0.15) is 5.75 Å². The van der Waals surface area contributed by atoms with Crippen molar-refractivity contribution in [2.75, 3.05) is 13.7 Å². The highest BCUT2D eigenvalue weighted by molar-refractivity contribution is 7.89. The molecule has 0 atom stereocenters. The van der Waals surface area contributed by atoms with Crippen LogP contribution in [0.15, 0.2) is 71.6 Å². The number of sulfonamides is 1. The van der Waals surface area contributed by atoms with E-state index in [9.17, 15) is 13.2 Å². The summed E-state index contributed by atoms with van der Waals surface area (Å²) in [6, 6.07) is 18.1. The summed E-state index contributed by atoms with van der Waals surface area (Å²) >= 11 is 0. The van der Waals surface area contributed by atoms with Crippen molar-refractivity contribution in [1.29, 1.82) is 0 Å². The van der Waals surface area contributed by atoms with Crippen LogP contribution >= 0.6 is 0 Å². The smallest absolute Gasteiger partial charge is 0.244 e. The summed E-state index contributed by atoms with van der Waals surface area (Å²) in [5, 5.41) is 10.0.